The maximum atomic E-state index is 11.9. The van der Waals surface area contributed by atoms with Crippen molar-refractivity contribution in [2.24, 2.45) is 0 Å². The first kappa shape index (κ1) is 10.4. The van der Waals surface area contributed by atoms with Crippen LogP contribution in [0.2, 0.25) is 0 Å². The Kier molecular flexibility index (Phi) is 2.90. The van der Waals surface area contributed by atoms with E-state index in [1.165, 1.54) is 11.8 Å². The Morgan fingerprint density at radius 1 is 1.33 bits per heavy atom. The number of hydrogen-bond acceptors (Lipinski definition) is 3. The van der Waals surface area contributed by atoms with Crippen LogP contribution in [0.3, 0.4) is 0 Å². The molecular weight excluding hydrogens is 194 g/mol. The van der Waals surface area contributed by atoms with Gasteiger partial charge in [0.2, 0.25) is 5.91 Å². The third-order valence-corrected chi connectivity index (χ3v) is 3.17. The van der Waals surface area contributed by atoms with Gasteiger partial charge in [-0.1, -0.05) is 0 Å². The Morgan fingerprint density at radius 2 is 2.00 bits per heavy atom. The van der Waals surface area contributed by atoms with Crippen molar-refractivity contribution in [3.05, 3.63) is 0 Å². The van der Waals surface area contributed by atoms with Crippen molar-refractivity contribution in [2.45, 2.75) is 25.8 Å². The summed E-state index contributed by atoms with van der Waals surface area (Å²) in [5.74, 6) is -0.142. The number of urea groups is 1. The molecule has 0 aliphatic carbocycles. The van der Waals surface area contributed by atoms with Crippen LogP contribution in [-0.4, -0.2) is 54.0 Å². The van der Waals surface area contributed by atoms with Gasteiger partial charge in [-0.25, -0.2) is 4.79 Å². The highest BCUT2D eigenvalue weighted by Gasteiger charge is 2.35. The van der Waals surface area contributed by atoms with Gasteiger partial charge in [-0.05, 0) is 25.9 Å². The molecule has 0 aromatic rings. The van der Waals surface area contributed by atoms with Gasteiger partial charge in [-0.3, -0.25) is 9.69 Å². The second-order valence-electron chi connectivity index (χ2n) is 4.13. The maximum absolute atomic E-state index is 11.9. The normalized spacial score (nSPS) is 23.7. The second kappa shape index (κ2) is 4.18. The zero-order chi connectivity index (χ0) is 10.8. The Morgan fingerprint density at radius 3 is 2.53 bits per heavy atom. The summed E-state index contributed by atoms with van der Waals surface area (Å²) in [7, 11) is 0. The standard InChI is InChI=1S/C10H17N3O2/c1-8(14)12-6-7-13(10(12)15)9-2-4-11-5-3-9/h9,11H,2-7H2,1H3. The lowest BCUT2D eigenvalue weighted by Gasteiger charge is -2.30. The molecule has 1 N–H and O–H groups in total. The quantitative estimate of drug-likeness (QED) is 0.665. The summed E-state index contributed by atoms with van der Waals surface area (Å²) in [5.41, 5.74) is 0. The number of piperidine rings is 1. The van der Waals surface area contributed by atoms with Crippen molar-refractivity contribution in [1.29, 1.82) is 0 Å². The average molecular weight is 211 g/mol. The maximum Gasteiger partial charge on any atom is 0.327 e. The molecular formula is C10H17N3O2. The number of nitrogens with zero attached hydrogens (tertiary/aromatic N) is 2. The molecule has 5 nitrogen and oxygen atoms in total. The number of rotatable bonds is 1. The van der Waals surface area contributed by atoms with Crippen LogP contribution in [0.4, 0.5) is 4.79 Å². The van der Waals surface area contributed by atoms with Crippen molar-refractivity contribution >= 4 is 11.9 Å². The third kappa shape index (κ3) is 1.97. The minimum absolute atomic E-state index is 0.102. The molecule has 2 aliphatic heterocycles. The minimum atomic E-state index is -0.142. The van der Waals surface area contributed by atoms with Gasteiger partial charge in [0, 0.05) is 26.1 Å². The summed E-state index contributed by atoms with van der Waals surface area (Å²) in [6.45, 7) is 4.63. The van der Waals surface area contributed by atoms with E-state index >= 15 is 0 Å². The third-order valence-electron chi connectivity index (χ3n) is 3.17. The van der Waals surface area contributed by atoms with Crippen LogP contribution in [0.25, 0.3) is 0 Å². The van der Waals surface area contributed by atoms with Crippen LogP contribution in [0.15, 0.2) is 0 Å². The fourth-order valence-corrected chi connectivity index (χ4v) is 2.30. The lowest BCUT2D eigenvalue weighted by atomic mass is 10.1. The summed E-state index contributed by atoms with van der Waals surface area (Å²) >= 11 is 0. The topological polar surface area (TPSA) is 52.7 Å². The SMILES string of the molecule is CC(=O)N1CCN(C2CCNCC2)C1=O. The van der Waals surface area contributed by atoms with Crippen molar-refractivity contribution in [3.63, 3.8) is 0 Å². The fourth-order valence-electron chi connectivity index (χ4n) is 2.30. The molecule has 5 heteroatoms. The van der Waals surface area contributed by atoms with Gasteiger partial charge in [-0.15, -0.1) is 0 Å². The number of imide groups is 1. The Labute approximate surface area is 89.4 Å². The van der Waals surface area contributed by atoms with E-state index < -0.39 is 0 Å². The first-order valence-corrected chi connectivity index (χ1v) is 5.49. The lowest BCUT2D eigenvalue weighted by Crippen LogP contribution is -2.45. The van der Waals surface area contributed by atoms with Gasteiger partial charge < -0.3 is 10.2 Å². The Hall–Kier alpha value is -1.10. The molecule has 0 spiro atoms. The van der Waals surface area contributed by atoms with E-state index in [1.807, 2.05) is 4.90 Å². The van der Waals surface area contributed by atoms with Crippen LogP contribution in [0.1, 0.15) is 19.8 Å². The molecule has 2 rings (SSSR count). The number of nitrogens with one attached hydrogen (secondary N) is 1. The van der Waals surface area contributed by atoms with Crippen LogP contribution < -0.4 is 5.32 Å². The largest absolute Gasteiger partial charge is 0.327 e. The van der Waals surface area contributed by atoms with Crippen LogP contribution in [0.5, 0.6) is 0 Å². The van der Waals surface area contributed by atoms with Gasteiger partial charge in [0.05, 0.1) is 0 Å². The number of carbonyl (C=O) groups is 2. The molecule has 0 unspecified atom stereocenters. The first-order valence-electron chi connectivity index (χ1n) is 5.49. The highest BCUT2D eigenvalue weighted by molar-refractivity contribution is 5.94. The van der Waals surface area contributed by atoms with Crippen LogP contribution in [0, 0.1) is 0 Å². The molecule has 2 heterocycles. The summed E-state index contributed by atoms with van der Waals surface area (Å²) in [6.07, 6.45) is 2.00. The smallest absolute Gasteiger partial charge is 0.319 e. The first-order chi connectivity index (χ1) is 7.20. The van der Waals surface area contributed by atoms with Gasteiger partial charge in [-0.2, -0.15) is 0 Å². The van der Waals surface area contributed by atoms with E-state index in [9.17, 15) is 9.59 Å². The molecule has 0 saturated carbocycles. The van der Waals surface area contributed by atoms with Crippen LogP contribution in [-0.2, 0) is 4.79 Å². The molecule has 0 aromatic heterocycles. The molecule has 0 aromatic carbocycles. The Balaban J connectivity index is 1.99. The second-order valence-corrected chi connectivity index (χ2v) is 4.13. The zero-order valence-corrected chi connectivity index (χ0v) is 9.03. The molecule has 3 amide bonds. The molecule has 2 saturated heterocycles. The minimum Gasteiger partial charge on any atom is -0.319 e. The van der Waals surface area contributed by atoms with Gasteiger partial charge in [0.1, 0.15) is 0 Å². The number of carbonyl (C=O) groups excluding carboxylic acids is 2. The molecule has 84 valence electrons. The molecule has 0 radical (unpaired) electrons. The highest BCUT2D eigenvalue weighted by Crippen LogP contribution is 2.18. The average Bonchev–Trinajstić information content (AvgIpc) is 2.61. The summed E-state index contributed by atoms with van der Waals surface area (Å²) in [6, 6.07) is 0.220. The van der Waals surface area contributed by atoms with E-state index in [1.54, 1.807) is 0 Å². The van der Waals surface area contributed by atoms with Crippen LogP contribution >= 0.6 is 0 Å². The number of amides is 3. The van der Waals surface area contributed by atoms with E-state index in [0.717, 1.165) is 25.9 Å². The van der Waals surface area contributed by atoms with E-state index in [0.29, 0.717) is 19.1 Å². The zero-order valence-electron chi connectivity index (χ0n) is 9.03. The van der Waals surface area contributed by atoms with Gasteiger partial charge in [0.15, 0.2) is 0 Å². The van der Waals surface area contributed by atoms with E-state index in [4.69, 9.17) is 0 Å². The lowest BCUT2D eigenvalue weighted by molar-refractivity contribution is -0.125. The predicted octanol–water partition coefficient (Wildman–Crippen LogP) is 0.0225. The van der Waals surface area contributed by atoms with Crippen molar-refractivity contribution in [3.8, 4) is 0 Å². The number of hydrogen-bond donors (Lipinski definition) is 1. The molecule has 0 bridgehead atoms. The van der Waals surface area contributed by atoms with Crippen molar-refractivity contribution in [2.75, 3.05) is 26.2 Å². The highest BCUT2D eigenvalue weighted by atomic mass is 16.2. The summed E-state index contributed by atoms with van der Waals surface area (Å²) in [4.78, 5) is 26.2. The summed E-state index contributed by atoms with van der Waals surface area (Å²) < 4.78 is 0. The van der Waals surface area contributed by atoms with Gasteiger partial charge in [0.25, 0.3) is 0 Å². The predicted molar refractivity (Wildman–Crippen MR) is 55.4 cm³/mol. The molecule has 0 atom stereocenters. The Bertz CT molecular complexity index is 274. The van der Waals surface area contributed by atoms with Crippen molar-refractivity contribution < 1.29 is 9.59 Å². The fraction of sp³-hybridized carbons (Fsp3) is 0.800. The van der Waals surface area contributed by atoms with E-state index in [2.05, 4.69) is 5.32 Å². The molecule has 2 aliphatic rings. The van der Waals surface area contributed by atoms with Crippen molar-refractivity contribution in [1.82, 2.24) is 15.1 Å². The molecule has 15 heavy (non-hydrogen) atoms. The monoisotopic (exact) mass is 211 g/mol. The van der Waals surface area contributed by atoms with E-state index in [-0.39, 0.29) is 11.9 Å². The molecule has 2 fully saturated rings. The summed E-state index contributed by atoms with van der Waals surface area (Å²) in [5, 5.41) is 3.27. The van der Waals surface area contributed by atoms with Gasteiger partial charge >= 0.3 is 6.03 Å².